The van der Waals surface area contributed by atoms with Crippen molar-refractivity contribution in [1.82, 2.24) is 4.67 Å². The van der Waals surface area contributed by atoms with E-state index in [1.807, 2.05) is 28.5 Å². The van der Waals surface area contributed by atoms with Gasteiger partial charge in [-0.2, -0.15) is 0 Å². The lowest BCUT2D eigenvalue weighted by Gasteiger charge is -2.34. The minimum absolute atomic E-state index is 0.378. The molecule has 168 valence electrons. The summed E-state index contributed by atoms with van der Waals surface area (Å²) in [5.74, 6) is 2.50. The van der Waals surface area contributed by atoms with Crippen molar-refractivity contribution in [3.05, 3.63) is 0 Å². The maximum absolute atomic E-state index is 7.13. The van der Waals surface area contributed by atoms with E-state index < -0.39 is 8.53 Å². The molecule has 0 saturated carbocycles. The van der Waals surface area contributed by atoms with E-state index in [2.05, 4.69) is 37.4 Å². The molecule has 0 aliphatic heterocycles. The zero-order valence-electron chi connectivity index (χ0n) is 19.9. The van der Waals surface area contributed by atoms with Crippen LogP contribution in [0.1, 0.15) is 94.3 Å². The van der Waals surface area contributed by atoms with Crippen molar-refractivity contribution in [2.45, 2.75) is 105 Å². The summed E-state index contributed by atoms with van der Waals surface area (Å²) in [6.45, 7) is 12.8. The Morgan fingerprint density at radius 3 is 2.14 bits per heavy atom. The Labute approximate surface area is 186 Å². The Morgan fingerprint density at radius 2 is 1.57 bits per heavy atom. The van der Waals surface area contributed by atoms with E-state index >= 15 is 0 Å². The van der Waals surface area contributed by atoms with Gasteiger partial charge in [0.25, 0.3) is 0 Å². The van der Waals surface area contributed by atoms with E-state index in [-0.39, 0.29) is 0 Å². The molecule has 0 bridgehead atoms. The fourth-order valence-electron chi connectivity index (χ4n) is 2.66. The first-order valence-corrected chi connectivity index (χ1v) is 14.6. The van der Waals surface area contributed by atoms with E-state index in [0.717, 1.165) is 26.0 Å². The van der Waals surface area contributed by atoms with Crippen molar-refractivity contribution in [2.75, 3.05) is 24.7 Å². The number of aliphatic imine (C=N–C) groups is 1. The summed E-state index contributed by atoms with van der Waals surface area (Å²) < 4.78 is 21.4. The molecule has 4 nitrogen and oxygen atoms in total. The summed E-state index contributed by atoms with van der Waals surface area (Å²) in [7, 11) is 2.94. The maximum atomic E-state index is 7.13. The van der Waals surface area contributed by atoms with Crippen molar-refractivity contribution >= 4 is 36.5 Å². The Kier molecular flexibility index (Phi) is 19.7. The van der Waals surface area contributed by atoms with E-state index in [4.69, 9.17) is 10.4 Å². The molecule has 0 aromatic rings. The summed E-state index contributed by atoms with van der Waals surface area (Å²) in [5, 5.41) is 0. The topological polar surface area (TPSA) is 34.1 Å². The third-order valence-corrected chi connectivity index (χ3v) is 8.58. The smallest absolute Gasteiger partial charge is 0.322 e. The average Bonchev–Trinajstić information content (AvgIpc) is 2.67. The molecule has 7 heteroatoms. The minimum Gasteiger partial charge on any atom is -0.425 e. The van der Waals surface area contributed by atoms with Gasteiger partial charge in [-0.15, -0.1) is 0 Å². The highest BCUT2D eigenvalue weighted by molar-refractivity contribution is 8.76. The molecule has 0 saturated heterocycles. The van der Waals surface area contributed by atoms with Gasteiger partial charge < -0.3 is 9.05 Å². The molecule has 1 unspecified atom stereocenters. The molecule has 0 rings (SSSR count). The second kappa shape index (κ2) is 20.8. The van der Waals surface area contributed by atoms with Crippen molar-refractivity contribution in [3.63, 3.8) is 0 Å². The summed E-state index contributed by atoms with van der Waals surface area (Å²) in [4.78, 5) is 4.18. The van der Waals surface area contributed by atoms with Crippen molar-refractivity contribution in [2.24, 2.45) is 4.99 Å². The minimum atomic E-state index is -1.09. The monoisotopic (exact) mass is 453 g/mol. The van der Waals surface area contributed by atoms with Gasteiger partial charge in [0.05, 0.1) is 6.61 Å². The number of nitrogens with zero attached hydrogens (tertiary/aromatic N) is 2. The fraction of sp³-hybridized carbons (Fsp3) is 0.952. The highest BCUT2D eigenvalue weighted by Gasteiger charge is 2.27. The lowest BCUT2D eigenvalue weighted by atomic mass is 10.2. The van der Waals surface area contributed by atoms with Crippen LogP contribution in [0.4, 0.5) is 0 Å². The lowest BCUT2D eigenvalue weighted by molar-refractivity contribution is 0.213. The Morgan fingerprint density at radius 1 is 0.964 bits per heavy atom. The zero-order chi connectivity index (χ0) is 21.7. The zero-order valence-corrected chi connectivity index (χ0v) is 21.4. The van der Waals surface area contributed by atoms with Crippen LogP contribution in [0.15, 0.2) is 4.99 Å². The van der Waals surface area contributed by atoms with Crippen LogP contribution in [-0.4, -0.2) is 47.8 Å². The van der Waals surface area contributed by atoms with Crippen LogP contribution in [0.3, 0.4) is 0 Å². The fourth-order valence-corrected chi connectivity index (χ4v) is 6.45. The van der Waals surface area contributed by atoms with Crippen molar-refractivity contribution in [1.29, 1.82) is 0 Å². The molecule has 0 aliphatic rings. The van der Waals surface area contributed by atoms with Gasteiger partial charge in [0.2, 0.25) is 0 Å². The first-order valence-electron chi connectivity index (χ1n) is 11.6. The Balaban J connectivity index is 3.80. The van der Waals surface area contributed by atoms with E-state index in [1.165, 1.54) is 50.0 Å². The van der Waals surface area contributed by atoms with Gasteiger partial charge in [0.15, 0.2) is 6.40 Å². The number of hydrogen-bond acceptors (Lipinski definition) is 6. The molecule has 0 aromatic heterocycles. The first-order chi connectivity index (χ1) is 14.0. The molecule has 0 aliphatic carbocycles. The highest BCUT2D eigenvalue weighted by atomic mass is 33.1. The van der Waals surface area contributed by atoms with Gasteiger partial charge in [-0.3, -0.25) is 4.99 Å². The second-order valence-electron chi connectivity index (χ2n) is 7.32. The molecule has 0 heterocycles. The summed E-state index contributed by atoms with van der Waals surface area (Å²) >= 11 is 0. The first kappa shape index (κ1) is 26.6. The molecule has 0 radical (unpaired) electrons. The quantitative estimate of drug-likeness (QED) is 0.0614. The molecule has 0 amide bonds. The lowest BCUT2D eigenvalue weighted by Crippen LogP contribution is -2.33. The molecule has 0 spiro atoms. The molecular formula is C21H45N2O2PS2. The largest absolute Gasteiger partial charge is 0.425 e. The molecule has 1 atom stereocenters. The van der Waals surface area contributed by atoms with Crippen LogP contribution < -0.4 is 0 Å². The van der Waals surface area contributed by atoms with Gasteiger partial charge >= 0.3 is 8.53 Å². The molecule has 0 aromatic carbocycles. The molecular weight excluding hydrogens is 407 g/mol. The molecule has 0 N–H and O–H groups in total. The summed E-state index contributed by atoms with van der Waals surface area (Å²) in [5.41, 5.74) is 0. The second-order valence-corrected chi connectivity index (χ2v) is 11.4. The van der Waals surface area contributed by atoms with Crippen LogP contribution >= 0.6 is 30.1 Å². The van der Waals surface area contributed by atoms with Crippen molar-refractivity contribution < 1.29 is 10.4 Å². The predicted octanol–water partition coefficient (Wildman–Crippen LogP) is 7.94. The maximum Gasteiger partial charge on any atom is 0.322 e. The molecule has 0 fully saturated rings. The van der Waals surface area contributed by atoms with E-state index in [0.29, 0.717) is 19.0 Å². The normalized spacial score (nSPS) is 13.8. The third-order valence-electron chi connectivity index (χ3n) is 4.03. The van der Waals surface area contributed by atoms with Gasteiger partial charge in [0.1, 0.15) is 0 Å². The van der Waals surface area contributed by atoms with E-state index in [1.54, 1.807) is 6.40 Å². The van der Waals surface area contributed by atoms with Gasteiger partial charge in [-0.25, -0.2) is 4.67 Å². The van der Waals surface area contributed by atoms with Crippen LogP contribution in [0.25, 0.3) is 0 Å². The van der Waals surface area contributed by atoms with Gasteiger partial charge in [-0.1, -0.05) is 60.6 Å². The Bertz CT molecular complexity index is 373. The van der Waals surface area contributed by atoms with Crippen molar-refractivity contribution in [3.8, 4) is 0 Å². The SMILES string of the molecule is [2H]CCCCCCSSCCCCCCOP(O/C=N/CC)N(C(C)C)C(C)C. The summed E-state index contributed by atoms with van der Waals surface area (Å²) in [6.07, 6.45) is 11.3. The van der Waals surface area contributed by atoms with Crippen LogP contribution in [0.2, 0.25) is 0 Å². The van der Waals surface area contributed by atoms with E-state index in [9.17, 15) is 0 Å². The number of rotatable bonds is 20. The standard InChI is InChI=1S/C21H45N2O2PS2/c1-7-9-10-14-17-27-28-18-15-12-11-13-16-24-26(25-19-22-8-2)23(20(3)4)21(5)6/h19-21H,7-18H2,1-6H3/b22-19+/i1D. The summed E-state index contributed by atoms with van der Waals surface area (Å²) in [6, 6.07) is 0.756. The molecule has 28 heavy (non-hydrogen) atoms. The van der Waals surface area contributed by atoms with Crippen LogP contribution in [-0.2, 0) is 9.05 Å². The number of hydrogen-bond donors (Lipinski definition) is 0. The van der Waals surface area contributed by atoms with Gasteiger partial charge in [0, 0.05) is 31.5 Å². The highest BCUT2D eigenvalue weighted by Crippen LogP contribution is 2.45. The predicted molar refractivity (Wildman–Crippen MR) is 133 cm³/mol. The van der Waals surface area contributed by atoms with Crippen LogP contribution in [0, 0.1) is 0 Å². The van der Waals surface area contributed by atoms with Crippen LogP contribution in [0.5, 0.6) is 0 Å². The Hall–Kier alpha value is 0.520. The number of unbranched alkanes of at least 4 members (excludes halogenated alkanes) is 6. The average molecular weight is 454 g/mol. The third kappa shape index (κ3) is 16.3. The van der Waals surface area contributed by atoms with Gasteiger partial charge in [-0.05, 0) is 53.9 Å².